The number of benzene rings is 3. The summed E-state index contributed by atoms with van der Waals surface area (Å²) in [5, 5.41) is 2.90. The summed E-state index contributed by atoms with van der Waals surface area (Å²) in [4.78, 5) is 28.3. The predicted octanol–water partition coefficient (Wildman–Crippen LogP) is 5.22. The number of amides is 2. The van der Waals surface area contributed by atoms with Crippen molar-refractivity contribution in [2.75, 3.05) is 13.2 Å². The second-order valence-electron chi connectivity index (χ2n) is 8.29. The molecule has 0 saturated heterocycles. The van der Waals surface area contributed by atoms with Gasteiger partial charge in [-0.25, -0.2) is 0 Å². The summed E-state index contributed by atoms with van der Waals surface area (Å²) in [6, 6.07) is 22.6. The SMILES string of the molecule is CCNC(=O)C(Cc1ccccc1)N(Cc1cccc(Br)c1)C(=O)COc1ccc(C)c(C)c1. The number of halogens is 1. The third-order valence-corrected chi connectivity index (χ3v) is 6.20. The summed E-state index contributed by atoms with van der Waals surface area (Å²) in [5.41, 5.74) is 4.17. The second-order valence-corrected chi connectivity index (χ2v) is 9.20. The van der Waals surface area contributed by atoms with Crippen LogP contribution in [-0.4, -0.2) is 35.9 Å². The van der Waals surface area contributed by atoms with Crippen molar-refractivity contribution in [3.05, 3.63) is 99.5 Å². The molecular formula is C28H31BrN2O3. The third-order valence-electron chi connectivity index (χ3n) is 5.70. The molecule has 0 aromatic heterocycles. The van der Waals surface area contributed by atoms with E-state index in [0.29, 0.717) is 25.3 Å². The maximum Gasteiger partial charge on any atom is 0.261 e. The van der Waals surface area contributed by atoms with Crippen molar-refractivity contribution in [2.45, 2.75) is 39.8 Å². The molecule has 5 nitrogen and oxygen atoms in total. The minimum absolute atomic E-state index is 0.152. The van der Waals surface area contributed by atoms with Crippen molar-refractivity contribution in [3.63, 3.8) is 0 Å². The van der Waals surface area contributed by atoms with Crippen molar-refractivity contribution >= 4 is 27.7 Å². The minimum Gasteiger partial charge on any atom is -0.484 e. The lowest BCUT2D eigenvalue weighted by atomic mass is 10.0. The highest BCUT2D eigenvalue weighted by Crippen LogP contribution is 2.20. The van der Waals surface area contributed by atoms with Crippen LogP contribution in [0.2, 0.25) is 0 Å². The molecule has 3 aromatic carbocycles. The first-order valence-corrected chi connectivity index (χ1v) is 12.2. The highest BCUT2D eigenvalue weighted by atomic mass is 79.9. The van der Waals surface area contributed by atoms with E-state index in [-0.39, 0.29) is 18.4 Å². The van der Waals surface area contributed by atoms with Gasteiger partial charge in [0.05, 0.1) is 0 Å². The molecule has 1 N–H and O–H groups in total. The molecule has 1 unspecified atom stereocenters. The molecule has 178 valence electrons. The summed E-state index contributed by atoms with van der Waals surface area (Å²) >= 11 is 3.50. The number of carbonyl (C=O) groups is 2. The molecule has 0 aliphatic rings. The molecular weight excluding hydrogens is 492 g/mol. The van der Waals surface area contributed by atoms with E-state index in [9.17, 15) is 9.59 Å². The molecule has 1 atom stereocenters. The first-order chi connectivity index (χ1) is 16.4. The zero-order chi connectivity index (χ0) is 24.5. The van der Waals surface area contributed by atoms with Crippen LogP contribution in [0.15, 0.2) is 77.3 Å². The smallest absolute Gasteiger partial charge is 0.261 e. The van der Waals surface area contributed by atoms with Crippen LogP contribution >= 0.6 is 15.9 Å². The maximum atomic E-state index is 13.5. The van der Waals surface area contributed by atoms with E-state index in [1.165, 1.54) is 0 Å². The number of nitrogens with zero attached hydrogens (tertiary/aromatic N) is 1. The Labute approximate surface area is 210 Å². The van der Waals surface area contributed by atoms with Crippen molar-refractivity contribution in [1.29, 1.82) is 0 Å². The Morgan fingerprint density at radius 3 is 2.35 bits per heavy atom. The van der Waals surface area contributed by atoms with Crippen molar-refractivity contribution in [3.8, 4) is 5.75 Å². The molecule has 34 heavy (non-hydrogen) atoms. The average molecular weight is 523 g/mol. The molecule has 0 spiro atoms. The van der Waals surface area contributed by atoms with Gasteiger partial charge in [-0.3, -0.25) is 9.59 Å². The Kier molecular flexibility index (Phi) is 9.28. The van der Waals surface area contributed by atoms with E-state index in [1.54, 1.807) is 4.90 Å². The number of carbonyl (C=O) groups excluding carboxylic acids is 2. The number of nitrogens with one attached hydrogen (secondary N) is 1. The number of ether oxygens (including phenoxy) is 1. The topological polar surface area (TPSA) is 58.6 Å². The van der Waals surface area contributed by atoms with Crippen LogP contribution in [0.25, 0.3) is 0 Å². The first kappa shape index (κ1) is 25.5. The Morgan fingerprint density at radius 2 is 1.68 bits per heavy atom. The van der Waals surface area contributed by atoms with E-state index in [2.05, 4.69) is 21.2 Å². The molecule has 0 heterocycles. The lowest BCUT2D eigenvalue weighted by Gasteiger charge is -2.31. The Bertz CT molecular complexity index is 1120. The fraction of sp³-hybridized carbons (Fsp3) is 0.286. The normalized spacial score (nSPS) is 11.5. The van der Waals surface area contributed by atoms with Crippen molar-refractivity contribution in [1.82, 2.24) is 10.2 Å². The standard InChI is InChI=1S/C28H31BrN2O3/c1-4-30-28(33)26(17-22-9-6-5-7-10-22)31(18-23-11-8-12-24(29)16-23)27(32)19-34-25-14-13-20(2)21(3)15-25/h5-16,26H,4,17-19H2,1-3H3,(H,30,33). The predicted molar refractivity (Wildman–Crippen MR) is 139 cm³/mol. The van der Waals surface area contributed by atoms with E-state index in [4.69, 9.17) is 4.74 Å². The van der Waals surface area contributed by atoms with E-state index >= 15 is 0 Å². The molecule has 3 rings (SSSR count). The van der Waals surface area contributed by atoms with E-state index < -0.39 is 6.04 Å². The highest BCUT2D eigenvalue weighted by Gasteiger charge is 2.30. The fourth-order valence-corrected chi connectivity index (χ4v) is 4.16. The van der Waals surface area contributed by atoms with E-state index in [1.807, 2.05) is 93.6 Å². The van der Waals surface area contributed by atoms with Gasteiger partial charge in [0.25, 0.3) is 5.91 Å². The summed E-state index contributed by atoms with van der Waals surface area (Å²) in [6.07, 6.45) is 0.413. The highest BCUT2D eigenvalue weighted by molar-refractivity contribution is 9.10. The van der Waals surface area contributed by atoms with Crippen molar-refractivity contribution < 1.29 is 14.3 Å². The summed E-state index contributed by atoms with van der Waals surface area (Å²) in [7, 11) is 0. The van der Waals surface area contributed by atoms with Crippen LogP contribution in [0, 0.1) is 13.8 Å². The van der Waals surface area contributed by atoms with Gasteiger partial charge in [-0.15, -0.1) is 0 Å². The van der Waals surface area contributed by atoms with Crippen LogP contribution in [0.1, 0.15) is 29.2 Å². The van der Waals surface area contributed by atoms with Crippen LogP contribution in [0.5, 0.6) is 5.75 Å². The number of aryl methyl sites for hydroxylation is 2. The third kappa shape index (κ3) is 7.19. The number of hydrogen-bond acceptors (Lipinski definition) is 3. The number of hydrogen-bond donors (Lipinski definition) is 1. The van der Waals surface area contributed by atoms with Gasteiger partial charge in [-0.2, -0.15) is 0 Å². The molecule has 0 saturated carbocycles. The number of rotatable bonds is 10. The second kappa shape index (κ2) is 12.4. The lowest BCUT2D eigenvalue weighted by Crippen LogP contribution is -2.51. The zero-order valence-corrected chi connectivity index (χ0v) is 21.5. The van der Waals surface area contributed by atoms with E-state index in [0.717, 1.165) is 26.7 Å². The first-order valence-electron chi connectivity index (χ1n) is 11.4. The molecule has 6 heteroatoms. The molecule has 0 aliphatic heterocycles. The van der Waals surface area contributed by atoms with Gasteiger partial charge < -0.3 is 15.0 Å². The molecule has 0 fully saturated rings. The van der Waals surface area contributed by atoms with Gasteiger partial charge in [0.2, 0.25) is 5.91 Å². The van der Waals surface area contributed by atoms with Crippen LogP contribution in [0.4, 0.5) is 0 Å². The van der Waals surface area contributed by atoms with Crippen LogP contribution in [-0.2, 0) is 22.6 Å². The quantitative estimate of drug-likeness (QED) is 0.397. The van der Waals surface area contributed by atoms with Gasteiger partial charge in [0, 0.05) is 24.0 Å². The maximum absolute atomic E-state index is 13.5. The zero-order valence-electron chi connectivity index (χ0n) is 19.9. The summed E-state index contributed by atoms with van der Waals surface area (Å²) < 4.78 is 6.77. The Morgan fingerprint density at radius 1 is 0.941 bits per heavy atom. The van der Waals surface area contributed by atoms with Crippen LogP contribution in [0.3, 0.4) is 0 Å². The Balaban J connectivity index is 1.89. The van der Waals surface area contributed by atoms with Gasteiger partial charge >= 0.3 is 0 Å². The van der Waals surface area contributed by atoms with Gasteiger partial charge in [0.1, 0.15) is 11.8 Å². The summed E-state index contributed by atoms with van der Waals surface area (Å²) in [5.74, 6) is 0.211. The molecule has 3 aromatic rings. The van der Waals surface area contributed by atoms with Gasteiger partial charge in [0.15, 0.2) is 6.61 Å². The average Bonchev–Trinajstić information content (AvgIpc) is 2.82. The molecule has 0 bridgehead atoms. The van der Waals surface area contributed by atoms with Gasteiger partial charge in [-0.05, 0) is 67.3 Å². The van der Waals surface area contributed by atoms with Gasteiger partial charge in [-0.1, -0.05) is 64.5 Å². The molecule has 0 aliphatic carbocycles. The molecule has 0 radical (unpaired) electrons. The van der Waals surface area contributed by atoms with Crippen molar-refractivity contribution in [2.24, 2.45) is 0 Å². The molecule has 2 amide bonds. The minimum atomic E-state index is -0.669. The summed E-state index contributed by atoms with van der Waals surface area (Å²) in [6.45, 7) is 6.55. The fourth-order valence-electron chi connectivity index (χ4n) is 3.71. The largest absolute Gasteiger partial charge is 0.484 e. The Hall–Kier alpha value is -3.12. The number of likely N-dealkylation sites (N-methyl/N-ethyl adjacent to an activating group) is 1. The lowest BCUT2D eigenvalue weighted by molar-refractivity contribution is -0.142. The monoisotopic (exact) mass is 522 g/mol. The van der Waals surface area contributed by atoms with Crippen LogP contribution < -0.4 is 10.1 Å².